The second kappa shape index (κ2) is 11.4. The van der Waals surface area contributed by atoms with E-state index in [-0.39, 0.29) is 47.7 Å². The molecule has 3 heterocycles. The molecule has 3 saturated heterocycles. The SMILES string of the molecule is CC(=O)OC(C)C=CC(=O)N[C@@H]1C[C@H](C)[C@H](C/C=C(C)/C=C/[C@@H]2C[C@]3(CO3)C[C@@](C)(O)O2)O[C@@H]1C. The first-order chi connectivity index (χ1) is 16.4. The van der Waals surface area contributed by atoms with Crippen LogP contribution in [0.2, 0.25) is 0 Å². The van der Waals surface area contributed by atoms with Gasteiger partial charge in [-0.2, -0.15) is 0 Å². The number of ether oxygens (including phenoxy) is 4. The molecular weight excluding hydrogens is 450 g/mol. The average Bonchev–Trinajstić information content (AvgIpc) is 3.47. The minimum absolute atomic E-state index is 0.0656. The van der Waals surface area contributed by atoms with Crippen LogP contribution < -0.4 is 5.32 Å². The fourth-order valence-corrected chi connectivity index (χ4v) is 4.97. The van der Waals surface area contributed by atoms with Gasteiger partial charge in [-0.3, -0.25) is 9.59 Å². The van der Waals surface area contributed by atoms with Gasteiger partial charge in [0.25, 0.3) is 0 Å². The van der Waals surface area contributed by atoms with Crippen molar-refractivity contribution in [3.05, 3.63) is 36.0 Å². The van der Waals surface area contributed by atoms with Crippen LogP contribution in [0, 0.1) is 5.92 Å². The van der Waals surface area contributed by atoms with Crippen LogP contribution in [0.1, 0.15) is 67.2 Å². The topological polar surface area (TPSA) is 107 Å². The number of carbonyl (C=O) groups excluding carboxylic acids is 2. The molecule has 0 aromatic rings. The highest BCUT2D eigenvalue weighted by atomic mass is 16.7. The average molecular weight is 492 g/mol. The lowest BCUT2D eigenvalue weighted by molar-refractivity contribution is -0.244. The van der Waals surface area contributed by atoms with Gasteiger partial charge in [0, 0.05) is 25.8 Å². The maximum absolute atomic E-state index is 12.3. The lowest BCUT2D eigenvalue weighted by Crippen LogP contribution is -2.50. The summed E-state index contributed by atoms with van der Waals surface area (Å²) in [6, 6.07) is -0.0828. The van der Waals surface area contributed by atoms with Crippen molar-refractivity contribution in [3.63, 3.8) is 0 Å². The van der Waals surface area contributed by atoms with E-state index in [2.05, 4.69) is 18.3 Å². The first kappa shape index (κ1) is 27.6. The molecule has 3 rings (SSSR count). The van der Waals surface area contributed by atoms with Crippen molar-refractivity contribution >= 4 is 11.9 Å². The molecule has 1 amide bonds. The molecule has 0 radical (unpaired) electrons. The number of carbonyl (C=O) groups is 2. The van der Waals surface area contributed by atoms with E-state index >= 15 is 0 Å². The maximum atomic E-state index is 12.3. The van der Waals surface area contributed by atoms with Gasteiger partial charge in [-0.1, -0.05) is 30.7 Å². The molecule has 1 spiro atoms. The molecule has 0 aliphatic carbocycles. The first-order valence-corrected chi connectivity index (χ1v) is 12.6. The Morgan fingerprint density at radius 1 is 1.26 bits per heavy atom. The van der Waals surface area contributed by atoms with Gasteiger partial charge in [-0.15, -0.1) is 0 Å². The fraction of sp³-hybridized carbons (Fsp3) is 0.704. The molecule has 1 unspecified atom stereocenters. The summed E-state index contributed by atoms with van der Waals surface area (Å²) >= 11 is 0. The lowest BCUT2D eigenvalue weighted by Gasteiger charge is -2.39. The number of epoxide rings is 1. The van der Waals surface area contributed by atoms with Crippen molar-refractivity contribution in [1.29, 1.82) is 0 Å². The molecule has 3 fully saturated rings. The summed E-state index contributed by atoms with van der Waals surface area (Å²) in [6.07, 6.45) is 11.4. The summed E-state index contributed by atoms with van der Waals surface area (Å²) in [5.74, 6) is -1.49. The van der Waals surface area contributed by atoms with Crippen molar-refractivity contribution in [3.8, 4) is 0 Å². The summed E-state index contributed by atoms with van der Waals surface area (Å²) in [5.41, 5.74) is 0.883. The zero-order valence-electron chi connectivity index (χ0n) is 21.8. The molecule has 0 saturated carbocycles. The molecule has 2 N–H and O–H groups in total. The Labute approximate surface area is 208 Å². The van der Waals surface area contributed by atoms with Crippen molar-refractivity contribution < 1.29 is 33.6 Å². The van der Waals surface area contributed by atoms with E-state index in [9.17, 15) is 14.7 Å². The normalized spacial score (nSPS) is 38.6. The number of amides is 1. The van der Waals surface area contributed by atoms with E-state index in [4.69, 9.17) is 18.9 Å². The third kappa shape index (κ3) is 8.56. The molecule has 8 nitrogen and oxygen atoms in total. The summed E-state index contributed by atoms with van der Waals surface area (Å²) < 4.78 is 22.6. The third-order valence-electron chi connectivity index (χ3n) is 6.84. The minimum Gasteiger partial charge on any atom is -0.459 e. The van der Waals surface area contributed by atoms with Gasteiger partial charge >= 0.3 is 5.97 Å². The predicted molar refractivity (Wildman–Crippen MR) is 131 cm³/mol. The standard InChI is InChI=1S/C27H41NO7/c1-17(7-10-22-14-27(16-32-27)15-26(6,31)35-22)8-11-24-18(2)13-23(20(4)34-24)28-25(30)12-9-19(3)33-21(5)29/h7-10,12,18-20,22-24,31H,11,13-16H2,1-6H3,(H,28,30)/b10-7+,12-9?,17-8+/t18-,19?,20+,22+,23+,24-,26-,27+/m0/s1. The van der Waals surface area contributed by atoms with Crippen molar-refractivity contribution in [2.24, 2.45) is 5.92 Å². The summed E-state index contributed by atoms with van der Waals surface area (Å²) in [4.78, 5) is 23.3. The Morgan fingerprint density at radius 2 is 1.97 bits per heavy atom. The summed E-state index contributed by atoms with van der Waals surface area (Å²) in [6.45, 7) is 11.6. The highest BCUT2D eigenvalue weighted by Crippen LogP contribution is 2.45. The van der Waals surface area contributed by atoms with Crippen LogP contribution in [-0.4, -0.2) is 65.4 Å². The predicted octanol–water partition coefficient (Wildman–Crippen LogP) is 3.34. The minimum atomic E-state index is -1.16. The first-order valence-electron chi connectivity index (χ1n) is 12.6. The van der Waals surface area contributed by atoms with Gasteiger partial charge in [-0.05, 0) is 52.5 Å². The third-order valence-corrected chi connectivity index (χ3v) is 6.84. The van der Waals surface area contributed by atoms with Crippen molar-refractivity contribution in [2.45, 2.75) is 109 Å². The van der Waals surface area contributed by atoms with Crippen LogP contribution in [0.3, 0.4) is 0 Å². The Kier molecular flexibility index (Phi) is 8.96. The van der Waals surface area contributed by atoms with Gasteiger partial charge in [0.2, 0.25) is 5.91 Å². The van der Waals surface area contributed by atoms with E-state index in [1.165, 1.54) is 13.0 Å². The van der Waals surface area contributed by atoms with E-state index in [1.54, 1.807) is 19.9 Å². The number of rotatable bonds is 8. The molecule has 35 heavy (non-hydrogen) atoms. The van der Waals surface area contributed by atoms with E-state index < -0.39 is 11.9 Å². The van der Waals surface area contributed by atoms with Gasteiger partial charge in [0.15, 0.2) is 5.79 Å². The Bertz CT molecular complexity index is 852. The van der Waals surface area contributed by atoms with Crippen molar-refractivity contribution in [1.82, 2.24) is 5.32 Å². The van der Waals surface area contributed by atoms with Crippen LogP contribution in [0.15, 0.2) is 36.0 Å². The van der Waals surface area contributed by atoms with E-state index in [0.29, 0.717) is 13.0 Å². The second-order valence-electron chi connectivity index (χ2n) is 10.6. The number of hydrogen-bond acceptors (Lipinski definition) is 7. The summed E-state index contributed by atoms with van der Waals surface area (Å²) in [5, 5.41) is 13.4. The molecule has 3 aliphatic rings. The maximum Gasteiger partial charge on any atom is 0.303 e. The summed E-state index contributed by atoms with van der Waals surface area (Å²) in [7, 11) is 0. The molecule has 196 valence electrons. The Balaban J connectivity index is 1.46. The van der Waals surface area contributed by atoms with Crippen molar-refractivity contribution in [2.75, 3.05) is 6.61 Å². The largest absolute Gasteiger partial charge is 0.459 e. The van der Waals surface area contributed by atoms with E-state index in [1.807, 2.05) is 26.0 Å². The molecular formula is C27H41NO7. The molecule has 8 heteroatoms. The number of allylic oxidation sites excluding steroid dienone is 2. The highest BCUT2D eigenvalue weighted by Gasteiger charge is 2.54. The monoisotopic (exact) mass is 491 g/mol. The van der Waals surface area contributed by atoms with Gasteiger partial charge in [0.1, 0.15) is 6.10 Å². The molecule has 0 aromatic heterocycles. The fourth-order valence-electron chi connectivity index (χ4n) is 4.97. The number of hydrogen-bond donors (Lipinski definition) is 2. The van der Waals surface area contributed by atoms with Crippen LogP contribution >= 0.6 is 0 Å². The Hall–Kier alpha value is -2.00. The molecule has 0 aromatic carbocycles. The van der Waals surface area contributed by atoms with Crippen LogP contribution in [0.25, 0.3) is 0 Å². The smallest absolute Gasteiger partial charge is 0.303 e. The number of nitrogens with one attached hydrogen (secondary N) is 1. The van der Waals surface area contributed by atoms with Crippen LogP contribution in [0.5, 0.6) is 0 Å². The zero-order valence-corrected chi connectivity index (χ0v) is 21.8. The van der Waals surface area contributed by atoms with Gasteiger partial charge < -0.3 is 29.4 Å². The zero-order chi connectivity index (χ0) is 25.8. The highest BCUT2D eigenvalue weighted by molar-refractivity contribution is 5.87. The molecule has 0 bridgehead atoms. The number of esters is 1. The van der Waals surface area contributed by atoms with Crippen LogP contribution in [0.4, 0.5) is 0 Å². The Morgan fingerprint density at radius 3 is 2.63 bits per heavy atom. The molecule has 3 aliphatic heterocycles. The van der Waals surface area contributed by atoms with E-state index in [0.717, 1.165) is 24.8 Å². The second-order valence-corrected chi connectivity index (χ2v) is 10.6. The lowest BCUT2D eigenvalue weighted by atomic mass is 9.88. The number of aliphatic hydroxyl groups is 1. The van der Waals surface area contributed by atoms with Gasteiger partial charge in [0.05, 0.1) is 36.6 Å². The molecule has 8 atom stereocenters. The van der Waals surface area contributed by atoms with Gasteiger partial charge in [-0.25, -0.2) is 0 Å². The quantitative estimate of drug-likeness (QED) is 0.232. The van der Waals surface area contributed by atoms with Crippen LogP contribution in [-0.2, 0) is 28.5 Å².